The van der Waals surface area contributed by atoms with Gasteiger partial charge in [0.2, 0.25) is 0 Å². The van der Waals surface area contributed by atoms with Crippen LogP contribution in [0.3, 0.4) is 0 Å². The molecule has 0 saturated carbocycles. The molecule has 0 aromatic heterocycles. The maximum atomic E-state index is 10.5. The van der Waals surface area contributed by atoms with E-state index >= 15 is 0 Å². The summed E-state index contributed by atoms with van der Waals surface area (Å²) in [5, 5.41) is 28.3. The molecule has 1 rings (SSSR count). The van der Waals surface area contributed by atoms with Crippen molar-refractivity contribution in [2.75, 3.05) is 12.3 Å². The van der Waals surface area contributed by atoms with Crippen LogP contribution in [0.2, 0.25) is 0 Å². The predicted octanol–water partition coefficient (Wildman–Crippen LogP) is 0.417. The highest BCUT2D eigenvalue weighted by Gasteiger charge is 2.20. The second kappa shape index (κ2) is 3.93. The molecule has 0 saturated heterocycles. The zero-order chi connectivity index (χ0) is 10.7. The Hall–Kier alpha value is -1.82. The van der Waals surface area contributed by atoms with Gasteiger partial charge in [-0.1, -0.05) is 6.07 Å². The largest absolute Gasteiger partial charge is 0.502 e. The normalized spacial score (nSPS) is 10.1. The Morgan fingerprint density at radius 1 is 1.50 bits per heavy atom. The summed E-state index contributed by atoms with van der Waals surface area (Å²) in [5.41, 5.74) is 5.32. The molecule has 0 aliphatic carbocycles. The monoisotopic (exact) mass is 198 g/mol. The lowest BCUT2D eigenvalue weighted by atomic mass is 10.1. The van der Waals surface area contributed by atoms with E-state index in [1.54, 1.807) is 0 Å². The highest BCUT2D eigenvalue weighted by Crippen LogP contribution is 2.34. The molecular formula is C8H10N2O4. The van der Waals surface area contributed by atoms with Gasteiger partial charge in [0, 0.05) is 6.61 Å². The number of nitrogens with two attached hydrogens (primary N) is 1. The van der Waals surface area contributed by atoms with Gasteiger partial charge >= 0.3 is 5.69 Å². The minimum atomic E-state index is -0.745. The van der Waals surface area contributed by atoms with Crippen LogP contribution in [0.5, 0.6) is 5.75 Å². The third-order valence-electron chi connectivity index (χ3n) is 1.85. The molecule has 0 atom stereocenters. The molecule has 0 aliphatic rings. The van der Waals surface area contributed by atoms with Gasteiger partial charge in [0.05, 0.1) is 4.92 Å². The summed E-state index contributed by atoms with van der Waals surface area (Å²) >= 11 is 0. The van der Waals surface area contributed by atoms with Crippen LogP contribution in [0.4, 0.5) is 11.4 Å². The van der Waals surface area contributed by atoms with Crippen molar-refractivity contribution < 1.29 is 15.1 Å². The lowest BCUT2D eigenvalue weighted by Crippen LogP contribution is -2.02. The summed E-state index contributed by atoms with van der Waals surface area (Å²) in [6, 6.07) is 2.65. The van der Waals surface area contributed by atoms with E-state index < -0.39 is 16.4 Å². The minimum Gasteiger partial charge on any atom is -0.502 e. The standard InChI is InChI=1S/C8H10N2O4/c9-7-5(3-4-11)1-2-6(12)8(7)10(13)14/h1-2,11-12H,3-4,9H2. The molecule has 0 amide bonds. The number of hydrogen-bond acceptors (Lipinski definition) is 5. The van der Waals surface area contributed by atoms with Crippen LogP contribution in [0.1, 0.15) is 5.56 Å². The highest BCUT2D eigenvalue weighted by atomic mass is 16.6. The number of hydrogen-bond donors (Lipinski definition) is 3. The fourth-order valence-electron chi connectivity index (χ4n) is 1.17. The van der Waals surface area contributed by atoms with E-state index in [-0.39, 0.29) is 18.7 Å². The molecule has 0 spiro atoms. The van der Waals surface area contributed by atoms with E-state index in [0.717, 1.165) is 0 Å². The lowest BCUT2D eigenvalue weighted by Gasteiger charge is -2.05. The summed E-state index contributed by atoms with van der Waals surface area (Å²) in [6.07, 6.45) is 0.229. The molecule has 14 heavy (non-hydrogen) atoms. The summed E-state index contributed by atoms with van der Waals surface area (Å²) in [6.45, 7) is -0.147. The lowest BCUT2D eigenvalue weighted by molar-refractivity contribution is -0.384. The first-order valence-corrected chi connectivity index (χ1v) is 3.93. The number of nitro groups is 1. The summed E-state index contributed by atoms with van der Waals surface area (Å²) in [5.74, 6) is -0.464. The maximum absolute atomic E-state index is 10.5. The number of nitrogens with zero attached hydrogens (tertiary/aromatic N) is 1. The van der Waals surface area contributed by atoms with E-state index in [0.29, 0.717) is 5.56 Å². The van der Waals surface area contributed by atoms with E-state index in [4.69, 9.17) is 10.8 Å². The van der Waals surface area contributed by atoms with Crippen molar-refractivity contribution in [3.63, 3.8) is 0 Å². The number of phenols is 1. The van der Waals surface area contributed by atoms with Gasteiger partial charge in [0.1, 0.15) is 5.69 Å². The number of phenolic OH excluding ortho intramolecular Hbond substituents is 1. The van der Waals surface area contributed by atoms with Gasteiger partial charge in [0.25, 0.3) is 0 Å². The Kier molecular flexibility index (Phi) is 2.88. The molecule has 76 valence electrons. The fourth-order valence-corrected chi connectivity index (χ4v) is 1.17. The van der Waals surface area contributed by atoms with E-state index in [9.17, 15) is 15.2 Å². The number of aliphatic hydroxyl groups excluding tert-OH is 1. The highest BCUT2D eigenvalue weighted by molar-refractivity contribution is 5.69. The molecule has 0 unspecified atom stereocenters. The second-order valence-corrected chi connectivity index (χ2v) is 2.74. The summed E-state index contributed by atoms with van der Waals surface area (Å²) in [4.78, 5) is 9.76. The first kappa shape index (κ1) is 10.3. The van der Waals surface area contributed by atoms with Crippen molar-refractivity contribution in [2.24, 2.45) is 0 Å². The van der Waals surface area contributed by atoms with Crippen LogP contribution in [-0.2, 0) is 6.42 Å². The Morgan fingerprint density at radius 2 is 2.14 bits per heavy atom. The molecule has 6 nitrogen and oxygen atoms in total. The van der Waals surface area contributed by atoms with Crippen LogP contribution in [0.25, 0.3) is 0 Å². The topological polar surface area (TPSA) is 110 Å². The number of aromatic hydroxyl groups is 1. The number of nitro benzene ring substituents is 1. The molecule has 0 bridgehead atoms. The van der Waals surface area contributed by atoms with Crippen molar-refractivity contribution in [2.45, 2.75) is 6.42 Å². The Balaban J connectivity index is 3.26. The van der Waals surface area contributed by atoms with E-state index in [1.165, 1.54) is 12.1 Å². The SMILES string of the molecule is Nc1c(CCO)ccc(O)c1[N+](=O)[O-]. The molecule has 0 heterocycles. The number of nitrogen functional groups attached to an aromatic ring is 1. The van der Waals surface area contributed by atoms with Crippen molar-refractivity contribution in [3.8, 4) is 5.75 Å². The number of aliphatic hydroxyl groups is 1. The molecule has 6 heteroatoms. The molecule has 1 aromatic rings. The maximum Gasteiger partial charge on any atom is 0.333 e. The Bertz CT molecular complexity index is 365. The smallest absolute Gasteiger partial charge is 0.333 e. The average molecular weight is 198 g/mol. The third kappa shape index (κ3) is 1.74. The quantitative estimate of drug-likeness (QED) is 0.370. The number of anilines is 1. The predicted molar refractivity (Wildman–Crippen MR) is 50.0 cm³/mol. The molecule has 1 aromatic carbocycles. The average Bonchev–Trinajstić information content (AvgIpc) is 2.10. The fraction of sp³-hybridized carbons (Fsp3) is 0.250. The first-order valence-electron chi connectivity index (χ1n) is 3.93. The molecule has 0 radical (unpaired) electrons. The van der Waals surface area contributed by atoms with E-state index in [2.05, 4.69) is 0 Å². The Morgan fingerprint density at radius 3 is 2.64 bits per heavy atom. The number of benzene rings is 1. The van der Waals surface area contributed by atoms with Gasteiger partial charge in [-0.3, -0.25) is 10.1 Å². The third-order valence-corrected chi connectivity index (χ3v) is 1.85. The van der Waals surface area contributed by atoms with Crippen LogP contribution >= 0.6 is 0 Å². The molecular weight excluding hydrogens is 188 g/mol. The number of rotatable bonds is 3. The van der Waals surface area contributed by atoms with Crippen LogP contribution in [0.15, 0.2) is 12.1 Å². The Labute approximate surface area is 79.7 Å². The van der Waals surface area contributed by atoms with Gasteiger partial charge < -0.3 is 15.9 Å². The zero-order valence-corrected chi connectivity index (χ0v) is 7.30. The van der Waals surface area contributed by atoms with Crippen molar-refractivity contribution in [1.29, 1.82) is 0 Å². The van der Waals surface area contributed by atoms with Crippen molar-refractivity contribution in [3.05, 3.63) is 27.8 Å². The summed E-state index contributed by atoms with van der Waals surface area (Å²) in [7, 11) is 0. The molecule has 0 aliphatic heterocycles. The zero-order valence-electron chi connectivity index (χ0n) is 7.30. The van der Waals surface area contributed by atoms with E-state index in [1.807, 2.05) is 0 Å². The van der Waals surface area contributed by atoms with Crippen LogP contribution < -0.4 is 5.73 Å². The second-order valence-electron chi connectivity index (χ2n) is 2.74. The summed E-state index contributed by atoms with van der Waals surface area (Å²) < 4.78 is 0. The van der Waals surface area contributed by atoms with Crippen LogP contribution in [0, 0.1) is 10.1 Å². The molecule has 0 fully saturated rings. The first-order chi connectivity index (χ1) is 6.57. The van der Waals surface area contributed by atoms with Gasteiger partial charge in [-0.15, -0.1) is 0 Å². The van der Waals surface area contributed by atoms with Crippen molar-refractivity contribution in [1.82, 2.24) is 0 Å². The van der Waals surface area contributed by atoms with Crippen LogP contribution in [-0.4, -0.2) is 21.7 Å². The van der Waals surface area contributed by atoms with Crippen molar-refractivity contribution >= 4 is 11.4 Å². The van der Waals surface area contributed by atoms with Gasteiger partial charge in [-0.05, 0) is 18.1 Å². The minimum absolute atomic E-state index is 0.0935. The van der Waals surface area contributed by atoms with Gasteiger partial charge in [-0.2, -0.15) is 0 Å². The van der Waals surface area contributed by atoms with Gasteiger partial charge in [-0.25, -0.2) is 0 Å². The van der Waals surface area contributed by atoms with Gasteiger partial charge in [0.15, 0.2) is 5.75 Å². The molecule has 4 N–H and O–H groups in total.